The Morgan fingerprint density at radius 1 is 1.02 bits per heavy atom. The van der Waals surface area contributed by atoms with E-state index in [2.05, 4.69) is 73.1 Å². The number of pyridine rings is 1. The molecule has 2 atom stereocenters. The van der Waals surface area contributed by atoms with Crippen molar-refractivity contribution in [2.45, 2.75) is 114 Å². The Hall–Kier alpha value is -4.98. The minimum atomic E-state index is -0.603. The summed E-state index contributed by atoms with van der Waals surface area (Å²) in [7, 11) is 0. The summed E-state index contributed by atoms with van der Waals surface area (Å²) in [6, 6.07) is 22.3. The molecule has 4 aliphatic rings. The number of aliphatic hydroxyl groups is 1. The molecule has 2 saturated carbocycles. The van der Waals surface area contributed by atoms with E-state index in [-0.39, 0.29) is 11.6 Å². The topological polar surface area (TPSA) is 135 Å². The second-order valence-electron chi connectivity index (χ2n) is 19.3. The minimum absolute atomic E-state index is 0.258. The zero-order valence-electron chi connectivity index (χ0n) is 36.9. The van der Waals surface area contributed by atoms with Crippen molar-refractivity contribution in [3.8, 4) is 11.5 Å². The highest BCUT2D eigenvalue weighted by atomic mass is 32.2. The second kappa shape index (κ2) is 17.9. The molecule has 0 unspecified atom stereocenters. The van der Waals surface area contributed by atoms with Gasteiger partial charge in [-0.2, -0.15) is 0 Å². The average molecular weight is 874 g/mol. The van der Waals surface area contributed by atoms with Gasteiger partial charge >= 0.3 is 0 Å². The van der Waals surface area contributed by atoms with Crippen LogP contribution < -0.4 is 19.7 Å². The van der Waals surface area contributed by atoms with Crippen LogP contribution in [0.1, 0.15) is 118 Å². The van der Waals surface area contributed by atoms with Gasteiger partial charge in [-0.3, -0.25) is 14.4 Å². The van der Waals surface area contributed by atoms with Crippen molar-refractivity contribution < 1.29 is 19.0 Å². The fraction of sp³-hybridized carbons (Fsp3) is 0.480. The average Bonchev–Trinajstić information content (AvgIpc) is 3.90. The number of piperidine rings is 1. The van der Waals surface area contributed by atoms with Gasteiger partial charge in [0.1, 0.15) is 28.7 Å². The normalized spacial score (nSPS) is 23.5. The first-order valence-electron chi connectivity index (χ1n) is 22.8. The molecule has 1 amide bonds. The van der Waals surface area contributed by atoms with E-state index in [1.165, 1.54) is 31.0 Å². The number of nitroso groups, excluding NO2 is 1. The number of aryl methyl sites for hydroxylation is 1. The number of carbonyl (C=O) groups excluding carboxylic acids is 1. The number of halogens is 1. The van der Waals surface area contributed by atoms with Crippen molar-refractivity contribution in [1.29, 1.82) is 0 Å². The van der Waals surface area contributed by atoms with Gasteiger partial charge in [-0.1, -0.05) is 44.5 Å². The molecule has 0 bridgehead atoms. The van der Waals surface area contributed by atoms with Crippen LogP contribution in [0.2, 0.25) is 0 Å². The molecule has 2 aromatic heterocycles. The molecule has 4 fully saturated rings. The predicted molar refractivity (Wildman–Crippen MR) is 250 cm³/mol. The zero-order valence-corrected chi connectivity index (χ0v) is 37.7. The van der Waals surface area contributed by atoms with E-state index in [4.69, 9.17) is 4.74 Å². The van der Waals surface area contributed by atoms with Crippen LogP contribution in [-0.2, 0) is 0 Å². The molecule has 2 saturated heterocycles. The molecule has 5 aromatic rings. The number of benzene rings is 3. The van der Waals surface area contributed by atoms with Crippen molar-refractivity contribution >= 4 is 46.0 Å². The van der Waals surface area contributed by atoms with E-state index < -0.39 is 11.4 Å². The van der Waals surface area contributed by atoms with Crippen molar-refractivity contribution in [2.75, 3.05) is 42.9 Å². The standard InChI is InChI=1S/C50H60FN7O4S/c1-31(2)36-8-5-6-9-37(36)38-10-7-11-44(38)58-29-50(30-58)20-22-57(23-21-50)34-12-14-39(46(24-34)62-45-26-40-41(51)28-53-47(40)54-32(45)3)48(59)56-63-35-13-15-42(43(25-35)55-61)52-27-33-16-18-49(4,60)19-17-33/h5-6,8-9,12-15,24-26,28,31,33,38,44,52,60H,7,10-11,16-23,27,29-30H2,1-4H3,(H,53,54)(H,56,59)/t33?,38-,44-,49?/m0/s1. The van der Waals surface area contributed by atoms with Crippen LogP contribution in [0.5, 0.6) is 11.5 Å². The van der Waals surface area contributed by atoms with Crippen LogP contribution in [0.4, 0.5) is 21.5 Å². The number of hydrogen-bond donors (Lipinski definition) is 4. The molecule has 2 aliphatic carbocycles. The number of fused-ring (bicyclic) bond motifs is 1. The van der Waals surface area contributed by atoms with Crippen molar-refractivity contribution in [2.24, 2.45) is 16.5 Å². The number of aromatic amines is 1. The summed E-state index contributed by atoms with van der Waals surface area (Å²) in [5.74, 6) is 1.41. The largest absolute Gasteiger partial charge is 0.455 e. The van der Waals surface area contributed by atoms with E-state index in [9.17, 15) is 19.2 Å². The predicted octanol–water partition coefficient (Wildman–Crippen LogP) is 11.4. The molecule has 3 aromatic carbocycles. The maximum absolute atomic E-state index is 14.7. The molecule has 1 spiro atoms. The second-order valence-corrected chi connectivity index (χ2v) is 20.2. The van der Waals surface area contributed by atoms with Gasteiger partial charge in [0.2, 0.25) is 0 Å². The van der Waals surface area contributed by atoms with Crippen LogP contribution in [0.25, 0.3) is 11.0 Å². The number of hydrogen-bond acceptors (Lipinski definition) is 10. The molecule has 11 nitrogen and oxygen atoms in total. The summed E-state index contributed by atoms with van der Waals surface area (Å²) in [6.07, 6.45) is 10.6. The summed E-state index contributed by atoms with van der Waals surface area (Å²) in [5, 5.41) is 17.3. The number of aromatic nitrogens is 2. The first-order chi connectivity index (χ1) is 30.4. The first kappa shape index (κ1) is 43.3. The number of likely N-dealkylation sites (tertiary alicyclic amines) is 1. The number of amides is 1. The van der Waals surface area contributed by atoms with Crippen LogP contribution in [0, 0.1) is 29.0 Å². The molecule has 9 rings (SSSR count). The zero-order chi connectivity index (χ0) is 43.9. The lowest BCUT2D eigenvalue weighted by molar-refractivity contribution is -0.0493. The highest BCUT2D eigenvalue weighted by Crippen LogP contribution is 2.49. The Morgan fingerprint density at radius 2 is 1.79 bits per heavy atom. The third-order valence-electron chi connectivity index (χ3n) is 14.5. The maximum Gasteiger partial charge on any atom is 0.265 e. The lowest BCUT2D eigenvalue weighted by Gasteiger charge is -2.57. The van der Waals surface area contributed by atoms with E-state index in [1.807, 2.05) is 31.2 Å². The molecule has 63 heavy (non-hydrogen) atoms. The maximum atomic E-state index is 14.7. The van der Waals surface area contributed by atoms with Gasteiger partial charge in [0, 0.05) is 61.6 Å². The van der Waals surface area contributed by atoms with Gasteiger partial charge in [-0.25, -0.2) is 9.37 Å². The van der Waals surface area contributed by atoms with E-state index in [1.54, 1.807) is 30.7 Å². The smallest absolute Gasteiger partial charge is 0.265 e. The van der Waals surface area contributed by atoms with Gasteiger partial charge in [0.15, 0.2) is 0 Å². The molecule has 332 valence electrons. The van der Waals surface area contributed by atoms with Crippen LogP contribution in [0.15, 0.2) is 83.0 Å². The molecular weight excluding hydrogens is 814 g/mol. The third-order valence-corrected chi connectivity index (χ3v) is 15.3. The quantitative estimate of drug-likeness (QED) is 0.0673. The van der Waals surface area contributed by atoms with Crippen LogP contribution in [0.3, 0.4) is 0 Å². The molecule has 4 heterocycles. The van der Waals surface area contributed by atoms with Crippen LogP contribution in [-0.4, -0.2) is 70.2 Å². The molecule has 13 heteroatoms. The fourth-order valence-corrected chi connectivity index (χ4v) is 11.4. The minimum Gasteiger partial charge on any atom is -0.455 e. The van der Waals surface area contributed by atoms with E-state index >= 15 is 0 Å². The Labute approximate surface area is 374 Å². The summed E-state index contributed by atoms with van der Waals surface area (Å²) >= 11 is 1.09. The van der Waals surface area contributed by atoms with Gasteiger partial charge < -0.3 is 25.0 Å². The van der Waals surface area contributed by atoms with Gasteiger partial charge in [-0.15, -0.1) is 4.91 Å². The highest BCUT2D eigenvalue weighted by molar-refractivity contribution is 7.98. The van der Waals surface area contributed by atoms with Crippen molar-refractivity contribution in [1.82, 2.24) is 19.6 Å². The summed E-state index contributed by atoms with van der Waals surface area (Å²) < 4.78 is 24.2. The van der Waals surface area contributed by atoms with Gasteiger partial charge in [0.05, 0.1) is 27.9 Å². The number of nitrogens with one attached hydrogen (secondary N) is 3. The Balaban J connectivity index is 0.878. The number of carbonyl (C=O) groups is 1. The van der Waals surface area contributed by atoms with Gasteiger partial charge in [-0.05, 0) is 153 Å². The van der Waals surface area contributed by atoms with Crippen molar-refractivity contribution in [3.05, 3.63) is 106 Å². The number of nitrogens with zero attached hydrogens (tertiary/aromatic N) is 4. The Morgan fingerprint density at radius 3 is 2.56 bits per heavy atom. The molecule has 2 aliphatic heterocycles. The molecule has 4 N–H and O–H groups in total. The lowest BCUT2D eigenvalue weighted by atomic mass is 9.70. The first-order valence-corrected chi connectivity index (χ1v) is 23.6. The number of ether oxygens (including phenoxy) is 1. The third kappa shape index (κ3) is 9.19. The summed E-state index contributed by atoms with van der Waals surface area (Å²) in [5.41, 5.74) is 5.92. The molecular formula is C50H60FN7O4S. The number of anilines is 2. The van der Waals surface area contributed by atoms with E-state index in [0.29, 0.717) is 80.1 Å². The van der Waals surface area contributed by atoms with Crippen molar-refractivity contribution in [3.63, 3.8) is 0 Å². The number of rotatable bonds is 13. The van der Waals surface area contributed by atoms with Gasteiger partial charge in [0.25, 0.3) is 5.91 Å². The summed E-state index contributed by atoms with van der Waals surface area (Å²) in [6.45, 7) is 13.1. The highest BCUT2D eigenvalue weighted by Gasteiger charge is 2.49. The Kier molecular flexibility index (Phi) is 12.3. The molecule has 0 radical (unpaired) electrons. The fourth-order valence-electron chi connectivity index (χ4n) is 10.7. The lowest BCUT2D eigenvalue weighted by Crippen LogP contribution is -2.63. The van der Waals surface area contributed by atoms with Crippen LogP contribution >= 0.6 is 11.9 Å². The Bertz CT molecular complexity index is 2460. The van der Waals surface area contributed by atoms with E-state index in [0.717, 1.165) is 82.3 Å². The monoisotopic (exact) mass is 873 g/mol. The SMILES string of the molecule is Cc1nc2[nH]cc(F)c2cc1Oc1cc(N2CCC3(CC2)CN([C@H]2CCC[C@H]2c2ccccc2C(C)C)C3)ccc1C(=O)NSc1ccc(NCC2CCC(C)(O)CC2)c(N=O)c1. The number of H-pyrrole nitrogens is 1. The summed E-state index contributed by atoms with van der Waals surface area (Å²) in [4.78, 5) is 39.1.